The Labute approximate surface area is 148 Å². The van der Waals surface area contributed by atoms with Crippen molar-refractivity contribution in [2.24, 2.45) is 0 Å². The van der Waals surface area contributed by atoms with E-state index in [-0.39, 0.29) is 20.9 Å². The molecule has 0 amide bonds. The highest BCUT2D eigenvalue weighted by atomic mass is 35.5. The summed E-state index contributed by atoms with van der Waals surface area (Å²) < 4.78 is 42.8. The van der Waals surface area contributed by atoms with Gasteiger partial charge in [-0.2, -0.15) is 0 Å². The fraction of sp³-hybridized carbons (Fsp3) is 0.588. The average molecular weight is 378 g/mol. The lowest BCUT2D eigenvalue weighted by Gasteiger charge is -2.21. The van der Waals surface area contributed by atoms with Crippen molar-refractivity contribution in [3.63, 3.8) is 0 Å². The van der Waals surface area contributed by atoms with Crippen LogP contribution >= 0.6 is 11.6 Å². The number of nitrogens with zero attached hydrogens (tertiary/aromatic N) is 1. The van der Waals surface area contributed by atoms with Crippen LogP contribution in [-0.2, 0) is 15.3 Å². The van der Waals surface area contributed by atoms with E-state index < -0.39 is 21.3 Å². The zero-order valence-corrected chi connectivity index (χ0v) is 16.8. The summed E-state index contributed by atoms with van der Waals surface area (Å²) in [5, 5.41) is 0.00522. The second-order valence-corrected chi connectivity index (χ2v) is 9.82. The number of benzene rings is 1. The number of sulfone groups is 1. The molecule has 1 aromatic heterocycles. The van der Waals surface area contributed by atoms with Crippen LogP contribution in [0.1, 0.15) is 54.4 Å². The number of rotatable bonds is 3. The topological polar surface area (TPSA) is 60.2 Å². The molecule has 24 heavy (non-hydrogen) atoms. The first-order valence-electron chi connectivity index (χ1n) is 7.82. The third kappa shape index (κ3) is 3.59. The van der Waals surface area contributed by atoms with Crippen molar-refractivity contribution in [3.8, 4) is 0 Å². The fourth-order valence-electron chi connectivity index (χ4n) is 1.86. The van der Waals surface area contributed by atoms with E-state index in [0.717, 1.165) is 0 Å². The van der Waals surface area contributed by atoms with Gasteiger partial charge < -0.3 is 4.42 Å². The number of oxazole rings is 1. The van der Waals surface area contributed by atoms with Crippen molar-refractivity contribution in [1.82, 2.24) is 4.98 Å². The third-order valence-corrected chi connectivity index (χ3v) is 6.36. The van der Waals surface area contributed by atoms with Crippen molar-refractivity contribution in [1.29, 1.82) is 0 Å². The first-order valence-corrected chi connectivity index (χ1v) is 9.68. The molecule has 7 heteroatoms. The molecule has 2 rings (SSSR count). The number of halogens is 2. The van der Waals surface area contributed by atoms with Gasteiger partial charge in [-0.1, -0.05) is 46.2 Å². The zero-order chi connectivity index (χ0) is 18.9. The normalized spacial score (nSPS) is 12.9. The Bertz CT molecular complexity index is 820. The average Bonchev–Trinajstić information content (AvgIpc) is 2.92. The smallest absolute Gasteiger partial charge is 0.200 e. The Kier molecular flexibility index (Phi) is 6.10. The molecule has 136 valence electrons. The number of aromatic nitrogens is 1. The highest BCUT2D eigenvalue weighted by Crippen LogP contribution is 2.38. The van der Waals surface area contributed by atoms with Crippen LogP contribution in [0, 0.1) is 0 Å². The second kappa shape index (κ2) is 7.00. The molecule has 1 aromatic carbocycles. The van der Waals surface area contributed by atoms with Gasteiger partial charge in [-0.15, -0.1) is 0 Å². The first kappa shape index (κ1) is 20.9. The molecular formula is C17H25ClFNO3S. The van der Waals surface area contributed by atoms with Crippen LogP contribution in [0.15, 0.2) is 21.4 Å². The highest BCUT2D eigenvalue weighted by molar-refractivity contribution is 7.93. The van der Waals surface area contributed by atoms with Crippen LogP contribution in [0.3, 0.4) is 0 Å². The van der Waals surface area contributed by atoms with Gasteiger partial charge in [0.2, 0.25) is 5.89 Å². The van der Waals surface area contributed by atoms with Crippen LogP contribution in [0.2, 0.25) is 5.02 Å². The van der Waals surface area contributed by atoms with Crippen molar-refractivity contribution in [2.75, 3.05) is 6.67 Å². The molecule has 0 atom stereocenters. The van der Waals surface area contributed by atoms with E-state index in [0.29, 0.717) is 11.4 Å². The standard InChI is InChI=1S/C15H19ClFNO3S.C2H6/c1-14(2,3)13-18-10-7-6-9(16)12(11(10)21-13)22(19,20)15(4,5)8-17;1-2/h6-7H,8H2,1-5H3;1-2H3. The molecule has 2 aromatic rings. The summed E-state index contributed by atoms with van der Waals surface area (Å²) in [5.74, 6) is 0.402. The zero-order valence-electron chi connectivity index (χ0n) is 15.2. The molecular weight excluding hydrogens is 353 g/mol. The number of alkyl halides is 1. The van der Waals surface area contributed by atoms with Crippen molar-refractivity contribution in [2.45, 2.75) is 63.5 Å². The SMILES string of the molecule is CC.CC(C)(C)c1nc2ccc(Cl)c(S(=O)(=O)C(C)(C)CF)c2o1. The summed E-state index contributed by atoms with van der Waals surface area (Å²) in [7, 11) is -4.02. The Morgan fingerprint density at radius 1 is 1.17 bits per heavy atom. The molecule has 4 nitrogen and oxygen atoms in total. The molecule has 0 radical (unpaired) electrons. The van der Waals surface area contributed by atoms with Crippen LogP contribution < -0.4 is 0 Å². The number of fused-ring (bicyclic) bond motifs is 1. The molecule has 0 spiro atoms. The van der Waals surface area contributed by atoms with Gasteiger partial charge in [0.15, 0.2) is 15.4 Å². The highest BCUT2D eigenvalue weighted by Gasteiger charge is 2.40. The predicted molar refractivity (Wildman–Crippen MR) is 96.3 cm³/mol. The van der Waals surface area contributed by atoms with Gasteiger partial charge in [0.05, 0.1) is 9.77 Å². The second-order valence-electron chi connectivity index (χ2n) is 6.89. The molecule has 0 unspecified atom stereocenters. The van der Waals surface area contributed by atoms with Crippen molar-refractivity contribution < 1.29 is 17.2 Å². The number of hydrogen-bond donors (Lipinski definition) is 0. The van der Waals surface area contributed by atoms with Crippen molar-refractivity contribution >= 4 is 32.5 Å². The van der Waals surface area contributed by atoms with Crippen molar-refractivity contribution in [3.05, 3.63) is 23.0 Å². The molecule has 0 aliphatic carbocycles. The van der Waals surface area contributed by atoms with E-state index in [9.17, 15) is 12.8 Å². The monoisotopic (exact) mass is 377 g/mol. The van der Waals surface area contributed by atoms with Crippen LogP contribution in [-0.4, -0.2) is 24.8 Å². The molecule has 0 bridgehead atoms. The minimum Gasteiger partial charge on any atom is -0.439 e. The number of hydrogen-bond acceptors (Lipinski definition) is 4. The Balaban J connectivity index is 0.00000139. The van der Waals surface area contributed by atoms with E-state index in [1.165, 1.54) is 19.9 Å². The first-order chi connectivity index (χ1) is 10.9. The third-order valence-electron chi connectivity index (χ3n) is 3.42. The summed E-state index contributed by atoms with van der Waals surface area (Å²) in [4.78, 5) is 4.13. The lowest BCUT2D eigenvalue weighted by Crippen LogP contribution is -2.34. The van der Waals surface area contributed by atoms with Crippen LogP contribution in [0.4, 0.5) is 4.39 Å². The summed E-state index contributed by atoms with van der Waals surface area (Å²) in [6, 6.07) is 3.04. The van der Waals surface area contributed by atoms with Gasteiger partial charge >= 0.3 is 0 Å². The molecule has 0 aliphatic heterocycles. The van der Waals surface area contributed by atoms with Gasteiger partial charge in [-0.25, -0.2) is 17.8 Å². The van der Waals surface area contributed by atoms with E-state index >= 15 is 0 Å². The van der Waals surface area contributed by atoms with E-state index in [1.54, 1.807) is 6.07 Å². The van der Waals surface area contributed by atoms with Gasteiger partial charge in [-0.05, 0) is 26.0 Å². The van der Waals surface area contributed by atoms with Gasteiger partial charge in [-0.3, -0.25) is 0 Å². The maximum absolute atomic E-state index is 13.2. The minimum atomic E-state index is -4.02. The van der Waals surface area contributed by atoms with Gasteiger partial charge in [0.25, 0.3) is 0 Å². The van der Waals surface area contributed by atoms with Gasteiger partial charge in [0, 0.05) is 5.41 Å². The molecule has 0 fully saturated rings. The fourth-order valence-corrected chi connectivity index (χ4v) is 3.73. The molecule has 1 heterocycles. The van der Waals surface area contributed by atoms with Crippen LogP contribution in [0.25, 0.3) is 11.1 Å². The summed E-state index contributed by atoms with van der Waals surface area (Å²) in [5.41, 5.74) is 0.0868. The summed E-state index contributed by atoms with van der Waals surface area (Å²) in [6.07, 6.45) is 0. The largest absolute Gasteiger partial charge is 0.439 e. The van der Waals surface area contributed by atoms with Crippen LogP contribution in [0.5, 0.6) is 0 Å². The molecule has 0 saturated carbocycles. The molecule has 0 aliphatic rings. The minimum absolute atomic E-state index is 0.00522. The van der Waals surface area contributed by atoms with E-state index in [1.807, 2.05) is 34.6 Å². The summed E-state index contributed by atoms with van der Waals surface area (Å²) in [6.45, 7) is 11.3. The lowest BCUT2D eigenvalue weighted by atomic mass is 9.97. The van der Waals surface area contributed by atoms with Gasteiger partial charge in [0.1, 0.15) is 17.1 Å². The molecule has 0 saturated heterocycles. The van der Waals surface area contributed by atoms with E-state index in [4.69, 9.17) is 16.0 Å². The predicted octanol–water partition coefficient (Wildman–Crippen LogP) is 5.33. The Hall–Kier alpha value is -1.14. The maximum atomic E-state index is 13.2. The lowest BCUT2D eigenvalue weighted by molar-refractivity contribution is 0.403. The Morgan fingerprint density at radius 3 is 2.17 bits per heavy atom. The summed E-state index contributed by atoms with van der Waals surface area (Å²) >= 11 is 6.08. The van der Waals surface area contributed by atoms with E-state index in [2.05, 4.69) is 4.98 Å². The molecule has 0 N–H and O–H groups in total. The maximum Gasteiger partial charge on any atom is 0.200 e. The quantitative estimate of drug-likeness (QED) is 0.725. The Morgan fingerprint density at radius 2 is 1.71 bits per heavy atom.